The second kappa shape index (κ2) is 6.70. The van der Waals surface area contributed by atoms with E-state index in [1.165, 1.54) is 28.6 Å². The Kier molecular flexibility index (Phi) is 4.49. The van der Waals surface area contributed by atoms with Crippen LogP contribution in [0.15, 0.2) is 29.2 Å². The summed E-state index contributed by atoms with van der Waals surface area (Å²) in [4.78, 5) is 38.3. The van der Waals surface area contributed by atoms with Crippen LogP contribution in [-0.4, -0.2) is 74.1 Å². The Bertz CT molecular complexity index is 876. The smallest absolute Gasteiger partial charge is 0.243 e. The minimum Gasteiger partial charge on any atom is -0.354 e. The van der Waals surface area contributed by atoms with Crippen LogP contribution < -0.4 is 10.2 Å². The second-order valence-electron chi connectivity index (χ2n) is 6.91. The highest BCUT2D eigenvalue weighted by molar-refractivity contribution is 7.89. The van der Waals surface area contributed by atoms with E-state index in [1.807, 2.05) is 4.90 Å². The third-order valence-corrected chi connectivity index (χ3v) is 7.04. The van der Waals surface area contributed by atoms with Crippen LogP contribution in [0, 0.1) is 0 Å². The molecule has 10 heteroatoms. The molecule has 0 radical (unpaired) electrons. The lowest BCUT2D eigenvalue weighted by atomic mass is 10.1. The number of carbonyl (C=O) groups is 3. The molecule has 3 amide bonds. The molecule has 144 valence electrons. The third-order valence-electron chi connectivity index (χ3n) is 5.20. The fourth-order valence-corrected chi connectivity index (χ4v) is 5.11. The van der Waals surface area contributed by atoms with E-state index in [0.717, 1.165) is 11.4 Å². The summed E-state index contributed by atoms with van der Waals surface area (Å²) in [5.41, 5.74) is 0.391. The molecule has 9 nitrogen and oxygen atoms in total. The maximum absolute atomic E-state index is 12.7. The van der Waals surface area contributed by atoms with E-state index in [4.69, 9.17) is 0 Å². The molecule has 0 unspecified atom stereocenters. The van der Waals surface area contributed by atoms with Gasteiger partial charge in [-0.1, -0.05) is 0 Å². The number of hydrogen-bond donors (Lipinski definition) is 1. The lowest BCUT2D eigenvalue weighted by Gasteiger charge is -2.45. The molecule has 0 spiro atoms. The van der Waals surface area contributed by atoms with E-state index in [9.17, 15) is 22.8 Å². The average molecular weight is 392 g/mol. The van der Waals surface area contributed by atoms with Gasteiger partial charge in [0, 0.05) is 45.1 Å². The van der Waals surface area contributed by atoms with Crippen LogP contribution in [0.2, 0.25) is 0 Å². The van der Waals surface area contributed by atoms with E-state index in [0.29, 0.717) is 31.9 Å². The number of amides is 3. The van der Waals surface area contributed by atoms with E-state index in [-0.39, 0.29) is 41.5 Å². The second-order valence-corrected chi connectivity index (χ2v) is 8.85. The normalized spacial score (nSPS) is 22.8. The van der Waals surface area contributed by atoms with Gasteiger partial charge in [0.25, 0.3) is 0 Å². The van der Waals surface area contributed by atoms with Gasteiger partial charge >= 0.3 is 0 Å². The first kappa shape index (κ1) is 18.1. The molecule has 0 saturated carbocycles. The number of sulfonamides is 1. The zero-order valence-electron chi connectivity index (χ0n) is 14.6. The van der Waals surface area contributed by atoms with Crippen molar-refractivity contribution in [2.75, 3.05) is 37.6 Å². The predicted molar refractivity (Wildman–Crippen MR) is 95.3 cm³/mol. The standard InChI is InChI=1S/C17H20N4O5S/c22-15-11-19(8-7-18-15)13-9-20(10-13)27(25,26)14-3-1-12(2-4-14)21-16(23)5-6-17(21)24/h1-4,13H,5-11H2,(H,18,22). The van der Waals surface area contributed by atoms with Crippen molar-refractivity contribution in [1.82, 2.24) is 14.5 Å². The number of benzene rings is 1. The molecule has 1 N–H and O–H groups in total. The van der Waals surface area contributed by atoms with Crippen LogP contribution in [0.4, 0.5) is 5.69 Å². The number of carbonyl (C=O) groups excluding carboxylic acids is 3. The Hall–Kier alpha value is -2.30. The van der Waals surface area contributed by atoms with E-state index in [1.54, 1.807) is 0 Å². The van der Waals surface area contributed by atoms with Crippen molar-refractivity contribution < 1.29 is 22.8 Å². The van der Waals surface area contributed by atoms with Crippen LogP contribution in [0.25, 0.3) is 0 Å². The fourth-order valence-electron chi connectivity index (χ4n) is 3.59. The van der Waals surface area contributed by atoms with Gasteiger partial charge in [0.2, 0.25) is 27.7 Å². The molecule has 0 atom stereocenters. The SMILES string of the molecule is O=C1CN(C2CN(S(=O)(=O)c3ccc(N4C(=O)CCC4=O)cc3)C2)CCN1. The molecule has 1 aromatic rings. The van der Waals surface area contributed by atoms with Crippen LogP contribution in [0.1, 0.15) is 12.8 Å². The number of piperazine rings is 1. The molecule has 0 aliphatic carbocycles. The highest BCUT2D eigenvalue weighted by Crippen LogP contribution is 2.28. The molecule has 0 bridgehead atoms. The molecule has 4 rings (SSSR count). The summed E-state index contributed by atoms with van der Waals surface area (Å²) in [5, 5.41) is 2.75. The zero-order chi connectivity index (χ0) is 19.2. The summed E-state index contributed by atoms with van der Waals surface area (Å²) in [6, 6.07) is 5.86. The molecule has 3 aliphatic heterocycles. The fraction of sp³-hybridized carbons (Fsp3) is 0.471. The van der Waals surface area contributed by atoms with Crippen molar-refractivity contribution in [1.29, 1.82) is 0 Å². The van der Waals surface area contributed by atoms with Gasteiger partial charge in [0.05, 0.1) is 17.1 Å². The summed E-state index contributed by atoms with van der Waals surface area (Å²) in [6.45, 7) is 2.29. The lowest BCUT2D eigenvalue weighted by molar-refractivity contribution is -0.126. The van der Waals surface area contributed by atoms with Crippen LogP contribution in [-0.2, 0) is 24.4 Å². The molecule has 27 heavy (non-hydrogen) atoms. The Morgan fingerprint density at radius 1 is 0.963 bits per heavy atom. The van der Waals surface area contributed by atoms with Crippen molar-refractivity contribution in [2.45, 2.75) is 23.8 Å². The van der Waals surface area contributed by atoms with Gasteiger partial charge < -0.3 is 5.32 Å². The van der Waals surface area contributed by atoms with Crippen LogP contribution in [0.5, 0.6) is 0 Å². The van der Waals surface area contributed by atoms with Crippen molar-refractivity contribution >= 4 is 33.4 Å². The average Bonchev–Trinajstić information content (AvgIpc) is 2.92. The summed E-state index contributed by atoms with van der Waals surface area (Å²) < 4.78 is 26.9. The Labute approximate surface area is 157 Å². The minimum atomic E-state index is -3.64. The molecule has 3 heterocycles. The number of rotatable bonds is 4. The summed E-state index contributed by atoms with van der Waals surface area (Å²) in [5.74, 6) is -0.581. The minimum absolute atomic E-state index is 0.0378. The molecule has 1 aromatic carbocycles. The van der Waals surface area contributed by atoms with Gasteiger partial charge in [0.15, 0.2) is 0 Å². The van der Waals surface area contributed by atoms with Gasteiger partial charge in [0.1, 0.15) is 0 Å². The maximum Gasteiger partial charge on any atom is 0.243 e. The monoisotopic (exact) mass is 392 g/mol. The molecule has 3 saturated heterocycles. The topological polar surface area (TPSA) is 107 Å². The molecule has 3 fully saturated rings. The van der Waals surface area contributed by atoms with Crippen LogP contribution in [0.3, 0.4) is 0 Å². The zero-order valence-corrected chi connectivity index (χ0v) is 15.4. The van der Waals surface area contributed by atoms with Crippen LogP contribution >= 0.6 is 0 Å². The maximum atomic E-state index is 12.7. The van der Waals surface area contributed by atoms with Crippen molar-refractivity contribution in [3.8, 4) is 0 Å². The molecule has 3 aliphatic rings. The van der Waals surface area contributed by atoms with E-state index in [2.05, 4.69) is 5.32 Å². The quantitative estimate of drug-likeness (QED) is 0.669. The first-order chi connectivity index (χ1) is 12.9. The Balaban J connectivity index is 1.43. The van der Waals surface area contributed by atoms with Crippen molar-refractivity contribution in [3.05, 3.63) is 24.3 Å². The number of hydrogen-bond acceptors (Lipinski definition) is 6. The van der Waals surface area contributed by atoms with E-state index < -0.39 is 10.0 Å². The summed E-state index contributed by atoms with van der Waals surface area (Å²) in [6.07, 6.45) is 0.366. The van der Waals surface area contributed by atoms with Gasteiger partial charge in [-0.2, -0.15) is 4.31 Å². The van der Waals surface area contributed by atoms with E-state index >= 15 is 0 Å². The largest absolute Gasteiger partial charge is 0.354 e. The number of nitrogens with zero attached hydrogens (tertiary/aromatic N) is 3. The summed E-state index contributed by atoms with van der Waals surface area (Å²) in [7, 11) is -3.64. The molecule has 0 aromatic heterocycles. The summed E-state index contributed by atoms with van der Waals surface area (Å²) >= 11 is 0. The first-order valence-electron chi connectivity index (χ1n) is 8.83. The number of anilines is 1. The van der Waals surface area contributed by atoms with Gasteiger partial charge in [-0.05, 0) is 24.3 Å². The van der Waals surface area contributed by atoms with Crippen molar-refractivity contribution in [2.24, 2.45) is 0 Å². The Morgan fingerprint density at radius 2 is 1.59 bits per heavy atom. The first-order valence-corrected chi connectivity index (χ1v) is 10.3. The van der Waals surface area contributed by atoms with Gasteiger partial charge in [-0.25, -0.2) is 8.42 Å². The Morgan fingerprint density at radius 3 is 2.19 bits per heavy atom. The van der Waals surface area contributed by atoms with Gasteiger partial charge in [-0.3, -0.25) is 24.2 Å². The molecular formula is C17H20N4O5S. The molecular weight excluding hydrogens is 372 g/mol. The third kappa shape index (κ3) is 3.24. The van der Waals surface area contributed by atoms with Crippen molar-refractivity contribution in [3.63, 3.8) is 0 Å². The highest BCUT2D eigenvalue weighted by Gasteiger charge is 2.41. The van der Waals surface area contributed by atoms with Gasteiger partial charge in [-0.15, -0.1) is 0 Å². The number of imide groups is 1. The predicted octanol–water partition coefficient (Wildman–Crippen LogP) is -0.855. The number of nitrogens with one attached hydrogen (secondary N) is 1. The highest BCUT2D eigenvalue weighted by atomic mass is 32.2. The lowest BCUT2D eigenvalue weighted by Crippen LogP contribution is -2.64.